The van der Waals surface area contributed by atoms with Crippen molar-refractivity contribution in [2.45, 2.75) is 20.8 Å². The summed E-state index contributed by atoms with van der Waals surface area (Å²) in [6.07, 6.45) is 1.36. The molecule has 0 saturated heterocycles. The molecule has 0 saturated carbocycles. The molecule has 0 bridgehead atoms. The minimum absolute atomic E-state index is 0.0450. The van der Waals surface area contributed by atoms with E-state index in [0.717, 1.165) is 4.68 Å². The number of aromatic nitrogens is 1. The van der Waals surface area contributed by atoms with Crippen molar-refractivity contribution in [2.24, 2.45) is 5.10 Å². The van der Waals surface area contributed by atoms with Crippen molar-refractivity contribution in [3.05, 3.63) is 57.0 Å². The summed E-state index contributed by atoms with van der Waals surface area (Å²) in [7, 11) is 0. The molecular weight excluding hydrogens is 294 g/mol. The molecule has 1 aromatic carbocycles. The Morgan fingerprint density at radius 1 is 1.43 bits per heavy atom. The van der Waals surface area contributed by atoms with Crippen LogP contribution in [0.4, 0.5) is 0 Å². The number of benzene rings is 1. The van der Waals surface area contributed by atoms with Crippen LogP contribution in [0.15, 0.2) is 34.2 Å². The van der Waals surface area contributed by atoms with Crippen molar-refractivity contribution in [1.82, 2.24) is 4.68 Å². The first-order chi connectivity index (χ1) is 11.0. The number of aryl methyl sites for hydroxylation is 2. The molecule has 6 heteroatoms. The molecule has 0 atom stereocenters. The quantitative estimate of drug-likeness (QED) is 0.878. The van der Waals surface area contributed by atoms with E-state index >= 15 is 0 Å². The summed E-state index contributed by atoms with van der Waals surface area (Å²) in [5.74, 6) is 0.304. The number of hydrogen-bond acceptors (Lipinski definition) is 5. The zero-order valence-corrected chi connectivity index (χ0v) is 13.2. The van der Waals surface area contributed by atoms with Crippen LogP contribution in [0.2, 0.25) is 0 Å². The maximum Gasteiger partial charge on any atom is 0.289 e. The van der Waals surface area contributed by atoms with Gasteiger partial charge in [0.15, 0.2) is 11.5 Å². The number of rotatable bonds is 4. The maximum atomic E-state index is 12.3. The number of nitrogens with zero attached hydrogens (tertiary/aromatic N) is 3. The number of phenols is 1. The van der Waals surface area contributed by atoms with Crippen LogP contribution in [0.25, 0.3) is 0 Å². The molecule has 0 fully saturated rings. The molecule has 0 aliphatic heterocycles. The summed E-state index contributed by atoms with van der Waals surface area (Å²) < 4.78 is 6.44. The normalized spacial score (nSPS) is 10.7. The molecule has 1 heterocycles. The van der Waals surface area contributed by atoms with Crippen molar-refractivity contribution < 1.29 is 9.84 Å². The first-order valence-corrected chi connectivity index (χ1v) is 7.12. The van der Waals surface area contributed by atoms with E-state index in [1.165, 1.54) is 6.21 Å². The van der Waals surface area contributed by atoms with Gasteiger partial charge in [-0.3, -0.25) is 4.79 Å². The second-order valence-corrected chi connectivity index (χ2v) is 4.94. The van der Waals surface area contributed by atoms with Crippen LogP contribution in [-0.2, 0) is 0 Å². The fourth-order valence-electron chi connectivity index (χ4n) is 2.20. The number of para-hydroxylation sites is 1. The number of phenolic OH excluding ortho intramolecular Hbond substituents is 1. The van der Waals surface area contributed by atoms with Crippen molar-refractivity contribution in [1.29, 1.82) is 5.26 Å². The highest BCUT2D eigenvalue weighted by Gasteiger charge is 2.10. The smallest absolute Gasteiger partial charge is 0.289 e. The second-order valence-electron chi connectivity index (χ2n) is 4.94. The Morgan fingerprint density at radius 3 is 2.83 bits per heavy atom. The average molecular weight is 311 g/mol. The van der Waals surface area contributed by atoms with Crippen LogP contribution < -0.4 is 10.3 Å². The zero-order chi connectivity index (χ0) is 17.0. The number of nitriles is 1. The SMILES string of the molecule is CCOc1cccc(/C=N/n2c(C)cc(C)c(C#N)c2=O)c1O. The molecule has 0 aliphatic carbocycles. The average Bonchev–Trinajstić information content (AvgIpc) is 2.50. The molecule has 1 aromatic heterocycles. The molecule has 0 amide bonds. The van der Waals surface area contributed by atoms with Crippen LogP contribution in [0.1, 0.15) is 29.3 Å². The third-order valence-corrected chi connectivity index (χ3v) is 3.31. The van der Waals surface area contributed by atoms with Gasteiger partial charge in [0.2, 0.25) is 0 Å². The van der Waals surface area contributed by atoms with E-state index < -0.39 is 5.56 Å². The number of aromatic hydroxyl groups is 1. The Bertz CT molecular complexity index is 861. The van der Waals surface area contributed by atoms with E-state index in [0.29, 0.717) is 29.2 Å². The molecule has 6 nitrogen and oxygen atoms in total. The van der Waals surface area contributed by atoms with Gasteiger partial charge in [0.25, 0.3) is 5.56 Å². The standard InChI is InChI=1S/C17H17N3O3/c1-4-23-15-7-5-6-13(16(15)21)10-19-20-12(3)8-11(2)14(9-18)17(20)22/h5-8,10,21H,4H2,1-3H3/b19-10+. The van der Waals surface area contributed by atoms with Gasteiger partial charge in [0.05, 0.1) is 12.8 Å². The number of pyridine rings is 1. The van der Waals surface area contributed by atoms with Gasteiger partial charge in [-0.05, 0) is 44.5 Å². The summed E-state index contributed by atoms with van der Waals surface area (Å²) >= 11 is 0. The fourth-order valence-corrected chi connectivity index (χ4v) is 2.20. The largest absolute Gasteiger partial charge is 0.504 e. The van der Waals surface area contributed by atoms with Crippen molar-refractivity contribution in [2.75, 3.05) is 6.61 Å². The Morgan fingerprint density at radius 2 is 2.17 bits per heavy atom. The molecule has 0 unspecified atom stereocenters. The predicted molar refractivity (Wildman–Crippen MR) is 87.2 cm³/mol. The first-order valence-electron chi connectivity index (χ1n) is 7.12. The summed E-state index contributed by atoms with van der Waals surface area (Å²) in [6.45, 7) is 5.68. The van der Waals surface area contributed by atoms with Gasteiger partial charge in [-0.1, -0.05) is 6.07 Å². The molecular formula is C17H17N3O3. The van der Waals surface area contributed by atoms with Crippen LogP contribution in [-0.4, -0.2) is 22.6 Å². The van der Waals surface area contributed by atoms with Crippen molar-refractivity contribution in [3.8, 4) is 17.6 Å². The lowest BCUT2D eigenvalue weighted by Gasteiger charge is -2.08. The number of ether oxygens (including phenoxy) is 1. The summed E-state index contributed by atoms with van der Waals surface area (Å²) in [5, 5.41) is 23.3. The zero-order valence-electron chi connectivity index (χ0n) is 13.2. The summed E-state index contributed by atoms with van der Waals surface area (Å²) in [5.41, 5.74) is 1.20. The molecule has 2 rings (SSSR count). The van der Waals surface area contributed by atoms with Crippen LogP contribution >= 0.6 is 0 Å². The van der Waals surface area contributed by atoms with Crippen LogP contribution in [0.3, 0.4) is 0 Å². The summed E-state index contributed by atoms with van der Waals surface area (Å²) in [4.78, 5) is 12.3. The minimum Gasteiger partial charge on any atom is -0.504 e. The van der Waals surface area contributed by atoms with Gasteiger partial charge in [-0.15, -0.1) is 0 Å². The molecule has 0 spiro atoms. The van der Waals surface area contributed by atoms with Gasteiger partial charge in [0, 0.05) is 11.3 Å². The molecule has 0 radical (unpaired) electrons. The Kier molecular flexibility index (Phi) is 4.82. The van der Waals surface area contributed by atoms with Gasteiger partial charge in [-0.2, -0.15) is 10.4 Å². The lowest BCUT2D eigenvalue weighted by molar-refractivity contribution is 0.318. The van der Waals surface area contributed by atoms with E-state index in [4.69, 9.17) is 10.00 Å². The molecule has 118 valence electrons. The third kappa shape index (κ3) is 3.24. The van der Waals surface area contributed by atoms with Crippen molar-refractivity contribution >= 4 is 6.21 Å². The van der Waals surface area contributed by atoms with Crippen LogP contribution in [0, 0.1) is 25.2 Å². The van der Waals surface area contributed by atoms with E-state index in [-0.39, 0.29) is 11.3 Å². The molecule has 23 heavy (non-hydrogen) atoms. The third-order valence-electron chi connectivity index (χ3n) is 3.31. The van der Waals surface area contributed by atoms with Gasteiger partial charge in [0.1, 0.15) is 11.6 Å². The molecule has 2 aromatic rings. The number of hydrogen-bond donors (Lipinski definition) is 1. The lowest BCUT2D eigenvalue weighted by atomic mass is 10.1. The van der Waals surface area contributed by atoms with E-state index in [9.17, 15) is 9.90 Å². The molecule has 0 aliphatic rings. The highest BCUT2D eigenvalue weighted by molar-refractivity contribution is 5.84. The van der Waals surface area contributed by atoms with Crippen molar-refractivity contribution in [3.63, 3.8) is 0 Å². The highest BCUT2D eigenvalue weighted by atomic mass is 16.5. The van der Waals surface area contributed by atoms with E-state index in [2.05, 4.69) is 5.10 Å². The Labute approximate surface area is 133 Å². The van der Waals surface area contributed by atoms with E-state index in [1.807, 2.05) is 13.0 Å². The highest BCUT2D eigenvalue weighted by Crippen LogP contribution is 2.28. The fraction of sp³-hybridized carbons (Fsp3) is 0.235. The Balaban J connectivity index is 2.49. The van der Waals surface area contributed by atoms with E-state index in [1.54, 1.807) is 38.1 Å². The second kappa shape index (κ2) is 6.79. The lowest BCUT2D eigenvalue weighted by Crippen LogP contribution is -2.22. The minimum atomic E-state index is -0.485. The van der Waals surface area contributed by atoms with Crippen LogP contribution in [0.5, 0.6) is 11.5 Å². The summed E-state index contributed by atoms with van der Waals surface area (Å²) in [6, 6.07) is 8.63. The van der Waals surface area contributed by atoms with Gasteiger partial charge in [-0.25, -0.2) is 4.68 Å². The first kappa shape index (κ1) is 16.3. The predicted octanol–water partition coefficient (Wildman–Crippen LogP) is 2.32. The molecule has 1 N–H and O–H groups in total. The maximum absolute atomic E-state index is 12.3. The van der Waals surface area contributed by atoms with Gasteiger partial charge < -0.3 is 9.84 Å². The van der Waals surface area contributed by atoms with Gasteiger partial charge >= 0.3 is 0 Å². The topological polar surface area (TPSA) is 87.6 Å². The monoisotopic (exact) mass is 311 g/mol. The Hall–Kier alpha value is -3.07.